The number of hydrogen-bond donors (Lipinski definition) is 2. The third-order valence-electron chi connectivity index (χ3n) is 2.44. The zero-order valence-corrected chi connectivity index (χ0v) is 10.2. The SMILES string of the molecule is CC(C)(C)[C@H](Nc1ccc(C#N)cc1)C(=O)O. The highest BCUT2D eigenvalue weighted by Crippen LogP contribution is 2.23. The number of hydrogen-bond acceptors (Lipinski definition) is 3. The minimum absolute atomic E-state index is 0.389. The second-order valence-electron chi connectivity index (χ2n) is 4.97. The zero-order valence-electron chi connectivity index (χ0n) is 10.2. The highest BCUT2D eigenvalue weighted by Gasteiger charge is 2.30. The summed E-state index contributed by atoms with van der Waals surface area (Å²) in [4.78, 5) is 11.2. The van der Waals surface area contributed by atoms with E-state index in [4.69, 9.17) is 10.4 Å². The van der Waals surface area contributed by atoms with Crippen molar-refractivity contribution in [2.45, 2.75) is 26.8 Å². The lowest BCUT2D eigenvalue weighted by molar-refractivity contribution is -0.140. The standard InChI is InChI=1S/C13H16N2O2/c1-13(2,3)11(12(16)17)15-10-6-4-9(8-14)5-7-10/h4-7,11,15H,1-3H3,(H,16,17)/t11-/m1/s1. The Kier molecular flexibility index (Phi) is 3.74. The van der Waals surface area contributed by atoms with Crippen molar-refractivity contribution in [2.75, 3.05) is 5.32 Å². The minimum atomic E-state index is -0.887. The van der Waals surface area contributed by atoms with Gasteiger partial charge in [-0.15, -0.1) is 0 Å². The topological polar surface area (TPSA) is 73.1 Å². The molecular formula is C13H16N2O2. The highest BCUT2D eigenvalue weighted by atomic mass is 16.4. The van der Waals surface area contributed by atoms with Crippen molar-refractivity contribution in [1.82, 2.24) is 0 Å². The Morgan fingerprint density at radius 3 is 2.24 bits per heavy atom. The van der Waals surface area contributed by atoms with Crippen LogP contribution < -0.4 is 5.32 Å². The molecule has 17 heavy (non-hydrogen) atoms. The van der Waals surface area contributed by atoms with Gasteiger partial charge in [0.15, 0.2) is 0 Å². The maximum atomic E-state index is 11.2. The summed E-state index contributed by atoms with van der Waals surface area (Å²) in [6, 6.07) is 8.08. The number of aliphatic carboxylic acids is 1. The summed E-state index contributed by atoms with van der Waals surface area (Å²) in [6.07, 6.45) is 0. The average molecular weight is 232 g/mol. The zero-order chi connectivity index (χ0) is 13.1. The molecule has 0 saturated heterocycles. The second-order valence-corrected chi connectivity index (χ2v) is 4.97. The molecule has 0 radical (unpaired) electrons. The molecule has 0 aliphatic carbocycles. The summed E-state index contributed by atoms with van der Waals surface area (Å²) in [6.45, 7) is 5.59. The van der Waals surface area contributed by atoms with Crippen LogP contribution >= 0.6 is 0 Å². The van der Waals surface area contributed by atoms with E-state index >= 15 is 0 Å². The van der Waals surface area contributed by atoms with Gasteiger partial charge in [0.25, 0.3) is 0 Å². The average Bonchev–Trinajstić information content (AvgIpc) is 2.24. The molecule has 90 valence electrons. The fourth-order valence-corrected chi connectivity index (χ4v) is 1.46. The Morgan fingerprint density at radius 1 is 1.35 bits per heavy atom. The Hall–Kier alpha value is -2.02. The first-order valence-corrected chi connectivity index (χ1v) is 5.34. The van der Waals surface area contributed by atoms with Gasteiger partial charge in [-0.3, -0.25) is 0 Å². The van der Waals surface area contributed by atoms with E-state index in [-0.39, 0.29) is 5.41 Å². The summed E-state index contributed by atoms with van der Waals surface area (Å²) in [7, 11) is 0. The molecule has 4 heteroatoms. The van der Waals surface area contributed by atoms with Crippen LogP contribution in [0, 0.1) is 16.7 Å². The number of carbonyl (C=O) groups is 1. The summed E-state index contributed by atoms with van der Waals surface area (Å²) in [5.41, 5.74) is 0.865. The minimum Gasteiger partial charge on any atom is -0.480 e. The quantitative estimate of drug-likeness (QED) is 0.839. The Balaban J connectivity index is 2.88. The van der Waals surface area contributed by atoms with Gasteiger partial charge in [-0.2, -0.15) is 5.26 Å². The lowest BCUT2D eigenvalue weighted by atomic mass is 9.86. The van der Waals surface area contributed by atoms with Gasteiger partial charge < -0.3 is 10.4 Å². The van der Waals surface area contributed by atoms with Crippen LogP contribution in [-0.2, 0) is 4.79 Å². The molecule has 0 aliphatic heterocycles. The molecule has 1 aromatic carbocycles. The van der Waals surface area contributed by atoms with E-state index in [0.29, 0.717) is 11.3 Å². The fraction of sp³-hybridized carbons (Fsp3) is 0.385. The number of benzene rings is 1. The van der Waals surface area contributed by atoms with Crippen molar-refractivity contribution < 1.29 is 9.90 Å². The molecule has 0 heterocycles. The fourth-order valence-electron chi connectivity index (χ4n) is 1.46. The molecule has 2 N–H and O–H groups in total. The van der Waals surface area contributed by atoms with E-state index in [1.807, 2.05) is 26.8 Å². The predicted molar refractivity (Wildman–Crippen MR) is 65.7 cm³/mol. The van der Waals surface area contributed by atoms with E-state index in [1.165, 1.54) is 0 Å². The lowest BCUT2D eigenvalue weighted by Crippen LogP contribution is -2.41. The molecule has 0 aromatic heterocycles. The molecule has 4 nitrogen and oxygen atoms in total. The number of carboxylic acid groups (broad SMARTS) is 1. The van der Waals surface area contributed by atoms with Gasteiger partial charge in [-0.25, -0.2) is 4.79 Å². The van der Waals surface area contributed by atoms with Gasteiger partial charge >= 0.3 is 5.97 Å². The molecule has 0 unspecified atom stereocenters. The van der Waals surface area contributed by atoms with Gasteiger partial charge in [0, 0.05) is 5.69 Å². The van der Waals surface area contributed by atoms with Gasteiger partial charge in [0.05, 0.1) is 11.6 Å². The summed E-state index contributed by atoms with van der Waals surface area (Å²) in [5.74, 6) is -0.887. The number of rotatable bonds is 3. The van der Waals surface area contributed by atoms with E-state index in [1.54, 1.807) is 24.3 Å². The van der Waals surface area contributed by atoms with Crippen molar-refractivity contribution in [2.24, 2.45) is 5.41 Å². The van der Waals surface area contributed by atoms with E-state index in [2.05, 4.69) is 5.32 Å². The highest BCUT2D eigenvalue weighted by molar-refractivity contribution is 5.78. The number of nitrogens with zero attached hydrogens (tertiary/aromatic N) is 1. The maximum Gasteiger partial charge on any atom is 0.326 e. The first kappa shape index (κ1) is 13.0. The van der Waals surface area contributed by atoms with Gasteiger partial charge in [0.1, 0.15) is 6.04 Å². The molecule has 1 aromatic rings. The molecule has 0 spiro atoms. The third kappa shape index (κ3) is 3.49. The largest absolute Gasteiger partial charge is 0.480 e. The maximum absolute atomic E-state index is 11.2. The predicted octanol–water partition coefficient (Wildman–Crippen LogP) is 2.47. The van der Waals surface area contributed by atoms with Crippen molar-refractivity contribution in [3.63, 3.8) is 0 Å². The van der Waals surface area contributed by atoms with Crippen molar-refractivity contribution in [1.29, 1.82) is 5.26 Å². The molecule has 0 saturated carbocycles. The molecule has 0 bridgehead atoms. The smallest absolute Gasteiger partial charge is 0.326 e. The normalized spacial score (nSPS) is 12.6. The lowest BCUT2D eigenvalue weighted by Gasteiger charge is -2.28. The Bertz CT molecular complexity index is 438. The summed E-state index contributed by atoms with van der Waals surface area (Å²) < 4.78 is 0. The van der Waals surface area contributed by atoms with Crippen LogP contribution in [0.4, 0.5) is 5.69 Å². The Labute approximate surface area is 101 Å². The van der Waals surface area contributed by atoms with Crippen LogP contribution in [0.2, 0.25) is 0 Å². The first-order chi connectivity index (χ1) is 7.84. The number of anilines is 1. The molecule has 0 amide bonds. The molecule has 0 aliphatic rings. The van der Waals surface area contributed by atoms with Gasteiger partial charge in [-0.1, -0.05) is 20.8 Å². The van der Waals surface area contributed by atoms with E-state index < -0.39 is 12.0 Å². The van der Waals surface area contributed by atoms with Crippen molar-refractivity contribution >= 4 is 11.7 Å². The van der Waals surface area contributed by atoms with Crippen LogP contribution in [0.5, 0.6) is 0 Å². The van der Waals surface area contributed by atoms with Crippen LogP contribution in [0.15, 0.2) is 24.3 Å². The van der Waals surface area contributed by atoms with Crippen LogP contribution in [0.25, 0.3) is 0 Å². The monoisotopic (exact) mass is 232 g/mol. The number of nitrogens with one attached hydrogen (secondary N) is 1. The second kappa shape index (κ2) is 4.88. The van der Waals surface area contributed by atoms with Crippen molar-refractivity contribution in [3.05, 3.63) is 29.8 Å². The first-order valence-electron chi connectivity index (χ1n) is 5.34. The van der Waals surface area contributed by atoms with Gasteiger partial charge in [0.2, 0.25) is 0 Å². The van der Waals surface area contributed by atoms with E-state index in [0.717, 1.165) is 0 Å². The van der Waals surface area contributed by atoms with Crippen LogP contribution in [0.3, 0.4) is 0 Å². The van der Waals surface area contributed by atoms with Crippen molar-refractivity contribution in [3.8, 4) is 6.07 Å². The number of carboxylic acids is 1. The van der Waals surface area contributed by atoms with E-state index in [9.17, 15) is 4.79 Å². The molecule has 1 atom stereocenters. The summed E-state index contributed by atoms with van der Waals surface area (Å²) in [5, 5.41) is 20.8. The number of nitriles is 1. The Morgan fingerprint density at radius 2 is 1.88 bits per heavy atom. The van der Waals surface area contributed by atoms with Crippen LogP contribution in [0.1, 0.15) is 26.3 Å². The molecule has 0 fully saturated rings. The molecular weight excluding hydrogens is 216 g/mol. The molecule has 1 rings (SSSR count). The van der Waals surface area contributed by atoms with Crippen LogP contribution in [-0.4, -0.2) is 17.1 Å². The summed E-state index contributed by atoms with van der Waals surface area (Å²) >= 11 is 0. The van der Waals surface area contributed by atoms with Gasteiger partial charge in [-0.05, 0) is 29.7 Å². The third-order valence-corrected chi connectivity index (χ3v) is 2.44.